The van der Waals surface area contributed by atoms with Crippen molar-refractivity contribution in [2.45, 2.75) is 39.2 Å². The van der Waals surface area contributed by atoms with Gasteiger partial charge in [-0.15, -0.1) is 0 Å². The maximum Gasteiger partial charge on any atom is 0.323 e. The number of carboxylic acid groups (broad SMARTS) is 2. The van der Waals surface area contributed by atoms with E-state index in [1.807, 2.05) is 0 Å². The molecule has 0 spiro atoms. The van der Waals surface area contributed by atoms with Crippen LogP contribution in [-0.4, -0.2) is 33.0 Å². The lowest BCUT2D eigenvalue weighted by atomic mass is 9.62. The minimum Gasteiger partial charge on any atom is -0.480 e. The third-order valence-electron chi connectivity index (χ3n) is 4.47. The molecule has 1 atom stereocenters. The molecule has 0 aliphatic rings. The molecule has 0 heterocycles. The molecular weight excluding hydrogens is 332 g/mol. The van der Waals surface area contributed by atoms with E-state index in [1.165, 1.54) is 32.0 Å². The molecule has 0 bridgehead atoms. The van der Waals surface area contributed by atoms with Crippen LogP contribution in [0.15, 0.2) is 24.3 Å². The molecule has 0 saturated carbocycles. The number of aliphatic carboxylic acids is 2. The Kier molecular flexibility index (Phi) is 5.85. The molecule has 136 valence electrons. The molecule has 1 aromatic carbocycles. The highest BCUT2D eigenvalue weighted by atomic mass is 16.6. The van der Waals surface area contributed by atoms with Crippen molar-refractivity contribution in [3.63, 3.8) is 0 Å². The summed E-state index contributed by atoms with van der Waals surface area (Å²) in [5.74, 6) is -4.06. The number of nitro benzene ring substituents is 1. The quantitative estimate of drug-likeness (QED) is 0.368. The van der Waals surface area contributed by atoms with Crippen molar-refractivity contribution in [3.05, 3.63) is 39.9 Å². The van der Waals surface area contributed by atoms with Gasteiger partial charge in [0.15, 0.2) is 5.41 Å². The summed E-state index contributed by atoms with van der Waals surface area (Å²) >= 11 is 0. The van der Waals surface area contributed by atoms with Crippen molar-refractivity contribution in [2.24, 2.45) is 5.41 Å². The van der Waals surface area contributed by atoms with Crippen LogP contribution in [0.2, 0.25) is 0 Å². The second-order valence-corrected chi connectivity index (χ2v) is 5.58. The molecule has 0 saturated heterocycles. The smallest absolute Gasteiger partial charge is 0.323 e. The molecule has 0 aromatic heterocycles. The topological polar surface area (TPSA) is 147 Å². The maximum absolute atomic E-state index is 12.0. The Morgan fingerprint density at radius 2 is 1.64 bits per heavy atom. The van der Waals surface area contributed by atoms with Gasteiger partial charge in [-0.1, -0.05) is 26.0 Å². The summed E-state index contributed by atoms with van der Waals surface area (Å²) in [7, 11) is 0. The minimum absolute atomic E-state index is 0.163. The van der Waals surface area contributed by atoms with Crippen LogP contribution in [0.25, 0.3) is 0 Å². The largest absolute Gasteiger partial charge is 0.480 e. The van der Waals surface area contributed by atoms with Crippen molar-refractivity contribution in [1.29, 1.82) is 0 Å². The SMILES string of the molecule is CCC(C(=O)O)(C(=O)O)C(CC)(NC(C)=O)c1ccccc1[N+](=O)[O-]. The van der Waals surface area contributed by atoms with Gasteiger partial charge in [0.05, 0.1) is 16.0 Å². The Labute approximate surface area is 143 Å². The second-order valence-electron chi connectivity index (χ2n) is 5.58. The Bertz CT molecular complexity index is 702. The van der Waals surface area contributed by atoms with E-state index < -0.39 is 45.8 Å². The summed E-state index contributed by atoms with van der Waals surface area (Å²) in [4.78, 5) is 46.6. The first kappa shape index (κ1) is 20.1. The lowest BCUT2D eigenvalue weighted by Gasteiger charge is -2.44. The number of nitrogens with zero attached hydrogens (tertiary/aromatic N) is 1. The first-order chi connectivity index (χ1) is 11.6. The number of hydrogen-bond donors (Lipinski definition) is 3. The number of nitro groups is 1. The highest BCUT2D eigenvalue weighted by Crippen LogP contribution is 2.48. The fraction of sp³-hybridized carbons (Fsp3) is 0.438. The molecule has 0 radical (unpaired) electrons. The van der Waals surface area contributed by atoms with Crippen LogP contribution in [0.4, 0.5) is 5.69 Å². The van der Waals surface area contributed by atoms with Crippen molar-refractivity contribution < 1.29 is 29.5 Å². The van der Waals surface area contributed by atoms with Crippen LogP contribution in [0.3, 0.4) is 0 Å². The van der Waals surface area contributed by atoms with Crippen molar-refractivity contribution >= 4 is 23.5 Å². The normalized spacial score (nSPS) is 13.6. The lowest BCUT2D eigenvalue weighted by Crippen LogP contribution is -2.63. The van der Waals surface area contributed by atoms with E-state index in [4.69, 9.17) is 0 Å². The number of benzene rings is 1. The zero-order chi connectivity index (χ0) is 19.4. The third kappa shape index (κ3) is 3.04. The van der Waals surface area contributed by atoms with Gasteiger partial charge in [0.25, 0.3) is 5.69 Å². The fourth-order valence-electron chi connectivity index (χ4n) is 3.34. The van der Waals surface area contributed by atoms with Crippen LogP contribution >= 0.6 is 0 Å². The number of para-hydroxylation sites is 1. The summed E-state index contributed by atoms with van der Waals surface area (Å²) in [5.41, 5.74) is -5.11. The number of nitrogens with one attached hydrogen (secondary N) is 1. The molecule has 1 unspecified atom stereocenters. The average molecular weight is 352 g/mol. The first-order valence-corrected chi connectivity index (χ1v) is 7.60. The minimum atomic E-state index is -2.49. The third-order valence-corrected chi connectivity index (χ3v) is 4.47. The second kappa shape index (κ2) is 7.29. The Balaban J connectivity index is 4.02. The summed E-state index contributed by atoms with van der Waals surface area (Å²) in [6.07, 6.45) is -0.568. The number of carbonyl (C=O) groups is 3. The summed E-state index contributed by atoms with van der Waals surface area (Å²) in [6, 6.07) is 5.23. The van der Waals surface area contributed by atoms with Gasteiger partial charge in [-0.3, -0.25) is 24.5 Å². The van der Waals surface area contributed by atoms with E-state index in [0.717, 1.165) is 13.0 Å². The van der Waals surface area contributed by atoms with Gasteiger partial charge in [0.1, 0.15) is 0 Å². The van der Waals surface area contributed by atoms with Crippen LogP contribution in [0.1, 0.15) is 39.2 Å². The average Bonchev–Trinajstić information content (AvgIpc) is 2.53. The van der Waals surface area contributed by atoms with Crippen LogP contribution < -0.4 is 5.32 Å². The molecule has 0 aliphatic carbocycles. The molecule has 9 heteroatoms. The predicted molar refractivity (Wildman–Crippen MR) is 86.9 cm³/mol. The summed E-state index contributed by atoms with van der Waals surface area (Å²) in [6.45, 7) is 3.93. The van der Waals surface area contributed by atoms with Gasteiger partial charge in [-0.25, -0.2) is 0 Å². The molecule has 1 rings (SSSR count). The Morgan fingerprint density at radius 3 is 2.00 bits per heavy atom. The fourth-order valence-corrected chi connectivity index (χ4v) is 3.34. The van der Waals surface area contributed by atoms with E-state index in [0.29, 0.717) is 0 Å². The molecular formula is C16H20N2O7. The van der Waals surface area contributed by atoms with Crippen LogP contribution in [0.5, 0.6) is 0 Å². The number of carbonyl (C=O) groups excluding carboxylic acids is 1. The zero-order valence-corrected chi connectivity index (χ0v) is 14.1. The Hall–Kier alpha value is -2.97. The van der Waals surface area contributed by atoms with Crippen LogP contribution in [0, 0.1) is 15.5 Å². The van der Waals surface area contributed by atoms with Crippen molar-refractivity contribution in [3.8, 4) is 0 Å². The molecule has 25 heavy (non-hydrogen) atoms. The standard InChI is InChI=1S/C16H20N2O7/c1-4-15(13(20)21,14(22)23)16(5-2,17-10(3)19)11-8-6-7-9-12(11)18(24)25/h6-9H,4-5H2,1-3H3,(H,17,19)(H,20,21)(H,22,23). The highest BCUT2D eigenvalue weighted by Gasteiger charge is 2.63. The highest BCUT2D eigenvalue weighted by molar-refractivity contribution is 6.01. The van der Waals surface area contributed by atoms with Gasteiger partial charge >= 0.3 is 11.9 Å². The lowest BCUT2D eigenvalue weighted by molar-refractivity contribution is -0.386. The number of rotatable bonds is 8. The molecule has 0 fully saturated rings. The van der Waals surface area contributed by atoms with E-state index in [2.05, 4.69) is 5.32 Å². The first-order valence-electron chi connectivity index (χ1n) is 7.60. The van der Waals surface area contributed by atoms with E-state index >= 15 is 0 Å². The number of amides is 1. The van der Waals surface area contributed by atoms with Gasteiger partial charge < -0.3 is 15.5 Å². The number of carboxylic acids is 2. The Morgan fingerprint density at radius 1 is 1.12 bits per heavy atom. The molecule has 1 aromatic rings. The zero-order valence-electron chi connectivity index (χ0n) is 14.1. The molecule has 0 aliphatic heterocycles. The van der Waals surface area contributed by atoms with Gasteiger partial charge in [-0.05, 0) is 18.9 Å². The molecule has 3 N–H and O–H groups in total. The van der Waals surface area contributed by atoms with E-state index in [-0.39, 0.29) is 12.0 Å². The molecule has 9 nitrogen and oxygen atoms in total. The van der Waals surface area contributed by atoms with E-state index in [1.54, 1.807) is 0 Å². The van der Waals surface area contributed by atoms with Crippen molar-refractivity contribution in [1.82, 2.24) is 5.32 Å². The van der Waals surface area contributed by atoms with Gasteiger partial charge in [-0.2, -0.15) is 0 Å². The van der Waals surface area contributed by atoms with E-state index in [9.17, 15) is 34.7 Å². The van der Waals surface area contributed by atoms with Gasteiger partial charge in [0, 0.05) is 13.0 Å². The monoisotopic (exact) mass is 352 g/mol. The van der Waals surface area contributed by atoms with Crippen LogP contribution in [-0.2, 0) is 19.9 Å². The molecule has 1 amide bonds. The van der Waals surface area contributed by atoms with Crippen molar-refractivity contribution in [2.75, 3.05) is 0 Å². The maximum atomic E-state index is 12.0. The summed E-state index contributed by atoms with van der Waals surface area (Å²) in [5, 5.41) is 33.4. The summed E-state index contributed by atoms with van der Waals surface area (Å²) < 4.78 is 0. The number of hydrogen-bond acceptors (Lipinski definition) is 5. The van der Waals surface area contributed by atoms with Gasteiger partial charge in [0.2, 0.25) is 5.91 Å². The predicted octanol–water partition coefficient (Wildman–Crippen LogP) is 1.90.